The maximum absolute atomic E-state index is 3.60. The first-order valence-electron chi connectivity index (χ1n) is 5.79. The Hall–Kier alpha value is -0.340. The molecule has 0 aliphatic rings. The fourth-order valence-electron chi connectivity index (χ4n) is 2.22. The number of aryl methyl sites for hydroxylation is 3. The Morgan fingerprint density at radius 1 is 1.19 bits per heavy atom. The Kier molecular flexibility index (Phi) is 5.00. The van der Waals surface area contributed by atoms with Gasteiger partial charge >= 0.3 is 0 Å². The Bertz CT molecular complexity index is 335. The first-order valence-corrected chi connectivity index (χ1v) is 6.71. The number of hydrogen-bond acceptors (Lipinski definition) is 1. The molecular formula is C14H22BrN. The lowest BCUT2D eigenvalue weighted by Crippen LogP contribution is -2.24. The predicted molar refractivity (Wildman–Crippen MR) is 75.4 cm³/mol. The molecule has 2 heteroatoms. The van der Waals surface area contributed by atoms with Crippen LogP contribution in [0.25, 0.3) is 0 Å². The fourth-order valence-corrected chi connectivity index (χ4v) is 2.72. The van der Waals surface area contributed by atoms with Gasteiger partial charge in [-0.3, -0.25) is 0 Å². The second-order valence-corrected chi connectivity index (χ2v) is 6.42. The van der Waals surface area contributed by atoms with E-state index in [4.69, 9.17) is 0 Å². The lowest BCUT2D eigenvalue weighted by molar-refractivity contribution is 0.331. The largest absolute Gasteiger partial charge is 0.301 e. The molecule has 0 aliphatic heterocycles. The number of benzene rings is 1. The maximum Gasteiger partial charge on any atom is 0.0244 e. The van der Waals surface area contributed by atoms with Gasteiger partial charge in [-0.25, -0.2) is 0 Å². The zero-order chi connectivity index (χ0) is 12.3. The summed E-state index contributed by atoms with van der Waals surface area (Å²) in [6.45, 7) is 10.9. The van der Waals surface area contributed by atoms with E-state index in [2.05, 4.69) is 67.7 Å². The monoisotopic (exact) mass is 283 g/mol. The van der Waals surface area contributed by atoms with E-state index in [9.17, 15) is 0 Å². The number of rotatable bonds is 4. The van der Waals surface area contributed by atoms with Crippen LogP contribution in [0.2, 0.25) is 0 Å². The smallest absolute Gasteiger partial charge is 0.0244 e. The second kappa shape index (κ2) is 5.83. The molecule has 16 heavy (non-hydrogen) atoms. The van der Waals surface area contributed by atoms with Crippen LogP contribution in [0.1, 0.15) is 29.2 Å². The van der Waals surface area contributed by atoms with Crippen LogP contribution >= 0.6 is 15.9 Å². The van der Waals surface area contributed by atoms with Gasteiger partial charge in [-0.1, -0.05) is 40.5 Å². The molecule has 0 spiro atoms. The van der Waals surface area contributed by atoms with Gasteiger partial charge in [0, 0.05) is 17.9 Å². The average molecular weight is 284 g/mol. The SMILES string of the molecule is Cc1cc(C)c(CN(C)CC(C)Br)c(C)c1. The van der Waals surface area contributed by atoms with Crippen molar-refractivity contribution in [3.63, 3.8) is 0 Å². The van der Waals surface area contributed by atoms with E-state index in [1.807, 2.05) is 0 Å². The summed E-state index contributed by atoms with van der Waals surface area (Å²) in [5.41, 5.74) is 5.65. The first-order chi connectivity index (χ1) is 7.40. The van der Waals surface area contributed by atoms with Gasteiger partial charge in [0.2, 0.25) is 0 Å². The summed E-state index contributed by atoms with van der Waals surface area (Å²) in [6, 6.07) is 4.54. The maximum atomic E-state index is 3.60. The van der Waals surface area contributed by atoms with Crippen LogP contribution < -0.4 is 0 Å². The van der Waals surface area contributed by atoms with E-state index >= 15 is 0 Å². The quantitative estimate of drug-likeness (QED) is 0.760. The van der Waals surface area contributed by atoms with Gasteiger partial charge < -0.3 is 4.90 Å². The molecule has 0 radical (unpaired) electrons. The minimum Gasteiger partial charge on any atom is -0.301 e. The molecule has 1 nitrogen and oxygen atoms in total. The Morgan fingerprint density at radius 3 is 2.12 bits per heavy atom. The summed E-state index contributed by atoms with van der Waals surface area (Å²) in [5.74, 6) is 0. The summed E-state index contributed by atoms with van der Waals surface area (Å²) in [4.78, 5) is 2.91. The highest BCUT2D eigenvalue weighted by Crippen LogP contribution is 2.18. The van der Waals surface area contributed by atoms with Crippen molar-refractivity contribution in [2.45, 2.75) is 39.1 Å². The van der Waals surface area contributed by atoms with Crippen LogP contribution in [0.4, 0.5) is 0 Å². The van der Waals surface area contributed by atoms with Crippen molar-refractivity contribution in [1.29, 1.82) is 0 Å². The summed E-state index contributed by atoms with van der Waals surface area (Å²) in [6.07, 6.45) is 0. The Labute approximate surface area is 108 Å². The third-order valence-corrected chi connectivity index (χ3v) is 3.12. The highest BCUT2D eigenvalue weighted by atomic mass is 79.9. The van der Waals surface area contributed by atoms with Crippen molar-refractivity contribution in [3.05, 3.63) is 34.4 Å². The van der Waals surface area contributed by atoms with Crippen molar-refractivity contribution >= 4 is 15.9 Å². The van der Waals surface area contributed by atoms with Crippen LogP contribution in [0.3, 0.4) is 0 Å². The molecule has 0 N–H and O–H groups in total. The van der Waals surface area contributed by atoms with Crippen molar-refractivity contribution < 1.29 is 0 Å². The van der Waals surface area contributed by atoms with E-state index in [1.165, 1.54) is 22.3 Å². The molecule has 1 atom stereocenters. The van der Waals surface area contributed by atoms with Crippen molar-refractivity contribution in [2.75, 3.05) is 13.6 Å². The molecule has 1 unspecified atom stereocenters. The molecule has 0 heterocycles. The van der Waals surface area contributed by atoms with Gasteiger partial charge in [-0.05, 0) is 44.5 Å². The number of hydrogen-bond donors (Lipinski definition) is 0. The Balaban J connectivity index is 2.81. The summed E-state index contributed by atoms with van der Waals surface area (Å²) in [5, 5.41) is 0. The first kappa shape index (κ1) is 13.7. The van der Waals surface area contributed by atoms with Crippen molar-refractivity contribution in [1.82, 2.24) is 4.90 Å². The lowest BCUT2D eigenvalue weighted by atomic mass is 9.99. The molecule has 0 aromatic heterocycles. The second-order valence-electron chi connectivity index (χ2n) is 4.85. The third kappa shape index (κ3) is 3.91. The molecule has 0 saturated carbocycles. The third-order valence-electron chi connectivity index (χ3n) is 2.83. The van der Waals surface area contributed by atoms with Crippen molar-refractivity contribution in [2.24, 2.45) is 0 Å². The van der Waals surface area contributed by atoms with Crippen molar-refractivity contribution in [3.8, 4) is 0 Å². The van der Waals surface area contributed by atoms with Crippen LogP contribution in [-0.4, -0.2) is 23.3 Å². The molecular weight excluding hydrogens is 262 g/mol. The molecule has 0 fully saturated rings. The number of alkyl halides is 1. The minimum atomic E-state index is 0.545. The lowest BCUT2D eigenvalue weighted by Gasteiger charge is -2.21. The van der Waals surface area contributed by atoms with Gasteiger partial charge in [0.1, 0.15) is 0 Å². The molecule has 1 aromatic rings. The van der Waals surface area contributed by atoms with Crippen LogP contribution in [0, 0.1) is 20.8 Å². The summed E-state index contributed by atoms with van der Waals surface area (Å²) in [7, 11) is 2.18. The van der Waals surface area contributed by atoms with Crippen LogP contribution in [-0.2, 0) is 6.54 Å². The molecule has 90 valence electrons. The zero-order valence-corrected chi connectivity index (χ0v) is 12.6. The Morgan fingerprint density at radius 2 is 1.69 bits per heavy atom. The highest BCUT2D eigenvalue weighted by Gasteiger charge is 2.08. The van der Waals surface area contributed by atoms with Gasteiger partial charge in [-0.15, -0.1) is 0 Å². The number of nitrogens with zero attached hydrogens (tertiary/aromatic N) is 1. The van der Waals surface area contributed by atoms with E-state index in [0.717, 1.165) is 13.1 Å². The zero-order valence-electron chi connectivity index (χ0n) is 11.0. The van der Waals surface area contributed by atoms with Gasteiger partial charge in [-0.2, -0.15) is 0 Å². The highest BCUT2D eigenvalue weighted by molar-refractivity contribution is 9.09. The molecule has 1 rings (SSSR count). The predicted octanol–water partition coefficient (Wildman–Crippen LogP) is 3.83. The van der Waals surface area contributed by atoms with Crippen LogP contribution in [0.5, 0.6) is 0 Å². The topological polar surface area (TPSA) is 3.24 Å². The van der Waals surface area contributed by atoms with Gasteiger partial charge in [0.25, 0.3) is 0 Å². The van der Waals surface area contributed by atoms with Gasteiger partial charge in [0.15, 0.2) is 0 Å². The summed E-state index contributed by atoms with van der Waals surface area (Å²) >= 11 is 3.60. The number of halogens is 1. The van der Waals surface area contributed by atoms with E-state index in [0.29, 0.717) is 4.83 Å². The molecule has 0 bridgehead atoms. The average Bonchev–Trinajstić information content (AvgIpc) is 2.09. The molecule has 0 amide bonds. The van der Waals surface area contributed by atoms with Gasteiger partial charge in [0.05, 0.1) is 0 Å². The van der Waals surface area contributed by atoms with Crippen LogP contribution in [0.15, 0.2) is 12.1 Å². The standard InChI is InChI=1S/C14H22BrN/c1-10-6-11(2)14(12(3)7-10)9-16(5)8-13(4)15/h6-7,13H,8-9H2,1-5H3. The molecule has 1 aromatic carbocycles. The normalized spacial score (nSPS) is 13.2. The minimum absolute atomic E-state index is 0.545. The van der Waals surface area contributed by atoms with E-state index < -0.39 is 0 Å². The summed E-state index contributed by atoms with van der Waals surface area (Å²) < 4.78 is 0. The van der Waals surface area contributed by atoms with E-state index in [-0.39, 0.29) is 0 Å². The fraction of sp³-hybridized carbons (Fsp3) is 0.571. The molecule has 0 aliphatic carbocycles. The molecule has 0 saturated heterocycles. The van der Waals surface area contributed by atoms with E-state index in [1.54, 1.807) is 0 Å².